The Kier molecular flexibility index (Phi) is 7.38. The lowest BCUT2D eigenvalue weighted by Crippen LogP contribution is -2.05. The van der Waals surface area contributed by atoms with Crippen LogP contribution in [0, 0.1) is 0 Å². The van der Waals surface area contributed by atoms with E-state index in [0.29, 0.717) is 26.3 Å². The molecule has 0 fully saturated rings. The number of hydrazone groups is 1. The van der Waals surface area contributed by atoms with Gasteiger partial charge in [0.2, 0.25) is 0 Å². The summed E-state index contributed by atoms with van der Waals surface area (Å²) in [5, 5.41) is 4.66. The van der Waals surface area contributed by atoms with E-state index in [9.17, 15) is 13.2 Å². The number of hydrogen-bond donors (Lipinski definition) is 1. The van der Waals surface area contributed by atoms with Gasteiger partial charge in [-0.3, -0.25) is 5.43 Å². The minimum absolute atomic E-state index is 0.195. The van der Waals surface area contributed by atoms with Crippen molar-refractivity contribution in [2.75, 3.05) is 5.43 Å². The van der Waals surface area contributed by atoms with Crippen LogP contribution in [0.1, 0.15) is 16.7 Å². The van der Waals surface area contributed by atoms with Gasteiger partial charge in [0.05, 0.1) is 20.7 Å². The van der Waals surface area contributed by atoms with E-state index in [0.717, 1.165) is 23.4 Å². The Morgan fingerprint density at radius 3 is 2.30 bits per heavy atom. The van der Waals surface area contributed by atoms with Crippen LogP contribution in [0.4, 0.5) is 19.0 Å². The van der Waals surface area contributed by atoms with Crippen LogP contribution in [0.25, 0.3) is 0 Å². The van der Waals surface area contributed by atoms with E-state index in [2.05, 4.69) is 47.4 Å². The first-order valence-electron chi connectivity index (χ1n) is 8.41. The van der Waals surface area contributed by atoms with Gasteiger partial charge in [-0.05, 0) is 79.4 Å². The summed E-state index contributed by atoms with van der Waals surface area (Å²) in [6.07, 6.45) is -2.17. The molecule has 0 radical (unpaired) electrons. The maximum atomic E-state index is 12.6. The second-order valence-electron chi connectivity index (χ2n) is 6.03. The van der Waals surface area contributed by atoms with Crippen molar-refractivity contribution in [3.63, 3.8) is 0 Å². The maximum Gasteiger partial charge on any atom is 0.417 e. The molecule has 156 valence electrons. The van der Waals surface area contributed by atoms with Crippen molar-refractivity contribution in [2.24, 2.45) is 5.10 Å². The summed E-state index contributed by atoms with van der Waals surface area (Å²) in [7, 11) is 0. The van der Waals surface area contributed by atoms with Gasteiger partial charge >= 0.3 is 6.18 Å². The topological polar surface area (TPSA) is 46.5 Å². The number of pyridine rings is 1. The molecule has 0 amide bonds. The highest BCUT2D eigenvalue weighted by Gasteiger charge is 2.30. The molecule has 0 atom stereocenters. The molecular formula is C20H13Br2ClF3N3O. The molecule has 10 heteroatoms. The standard InChI is InChI=1S/C20H13Br2ClF3N3O/c21-16-7-13(9-28-29-18-6-3-14(10-27-18)20(24,25)26)8-17(22)19(16)30-11-12-1-4-15(23)5-2-12/h1-10H,11H2,(H,27,29)/b28-9-. The summed E-state index contributed by atoms with van der Waals surface area (Å²) in [6, 6.07) is 13.1. The van der Waals surface area contributed by atoms with Crippen molar-refractivity contribution in [1.29, 1.82) is 0 Å². The third-order valence-corrected chi connectivity index (χ3v) is 5.23. The Hall–Kier alpha value is -2.10. The Morgan fingerprint density at radius 1 is 1.07 bits per heavy atom. The van der Waals surface area contributed by atoms with Crippen LogP contribution in [0.2, 0.25) is 5.02 Å². The van der Waals surface area contributed by atoms with Crippen LogP contribution in [-0.4, -0.2) is 11.2 Å². The van der Waals surface area contributed by atoms with Crippen molar-refractivity contribution < 1.29 is 17.9 Å². The van der Waals surface area contributed by atoms with Crippen LogP contribution < -0.4 is 10.2 Å². The van der Waals surface area contributed by atoms with Gasteiger partial charge in [0.1, 0.15) is 18.2 Å². The summed E-state index contributed by atoms with van der Waals surface area (Å²) >= 11 is 12.8. The summed E-state index contributed by atoms with van der Waals surface area (Å²) in [5.41, 5.74) is 3.47. The Labute approximate surface area is 192 Å². The summed E-state index contributed by atoms with van der Waals surface area (Å²) in [4.78, 5) is 3.69. The average Bonchev–Trinajstić information content (AvgIpc) is 2.68. The zero-order valence-electron chi connectivity index (χ0n) is 15.1. The zero-order chi connectivity index (χ0) is 21.7. The second-order valence-corrected chi connectivity index (χ2v) is 8.17. The number of nitrogens with zero attached hydrogens (tertiary/aromatic N) is 2. The van der Waals surface area contributed by atoms with E-state index >= 15 is 0 Å². The van der Waals surface area contributed by atoms with Crippen molar-refractivity contribution in [3.05, 3.63) is 85.4 Å². The highest BCUT2D eigenvalue weighted by Crippen LogP contribution is 2.35. The molecule has 30 heavy (non-hydrogen) atoms. The molecule has 0 bridgehead atoms. The quantitative estimate of drug-likeness (QED) is 0.253. The average molecular weight is 564 g/mol. The molecule has 0 saturated carbocycles. The van der Waals surface area contributed by atoms with Crippen molar-refractivity contribution in [1.82, 2.24) is 4.98 Å². The van der Waals surface area contributed by atoms with E-state index in [1.54, 1.807) is 24.3 Å². The van der Waals surface area contributed by atoms with Crippen LogP contribution in [0.3, 0.4) is 0 Å². The molecule has 2 aromatic carbocycles. The Balaban J connectivity index is 1.63. The van der Waals surface area contributed by atoms with E-state index in [4.69, 9.17) is 16.3 Å². The fourth-order valence-corrected chi connectivity index (χ4v) is 3.91. The van der Waals surface area contributed by atoms with Gasteiger partial charge in [0, 0.05) is 11.2 Å². The number of benzene rings is 2. The summed E-state index contributed by atoms with van der Waals surface area (Å²) in [6.45, 7) is 0.364. The Bertz CT molecular complexity index is 1020. The Morgan fingerprint density at radius 2 is 1.73 bits per heavy atom. The third kappa shape index (κ3) is 6.20. The molecule has 0 aliphatic carbocycles. The molecule has 0 spiro atoms. The second kappa shape index (κ2) is 9.80. The normalized spacial score (nSPS) is 11.7. The van der Waals surface area contributed by atoms with Gasteiger partial charge < -0.3 is 4.74 Å². The van der Waals surface area contributed by atoms with Crippen LogP contribution in [-0.2, 0) is 12.8 Å². The number of rotatable bonds is 6. The number of nitrogens with one attached hydrogen (secondary N) is 1. The molecular weight excluding hydrogens is 550 g/mol. The van der Waals surface area contributed by atoms with E-state index in [1.807, 2.05) is 12.1 Å². The SMILES string of the molecule is FC(F)(F)c1ccc(N/N=C\c2cc(Br)c(OCc3ccc(Cl)cc3)c(Br)c2)nc1. The van der Waals surface area contributed by atoms with Crippen LogP contribution in [0.5, 0.6) is 5.75 Å². The number of alkyl halides is 3. The molecule has 3 aromatic rings. The van der Waals surface area contributed by atoms with Gasteiger partial charge in [0.25, 0.3) is 0 Å². The highest BCUT2D eigenvalue weighted by molar-refractivity contribution is 9.11. The smallest absolute Gasteiger partial charge is 0.417 e. The molecule has 3 rings (SSSR count). The van der Waals surface area contributed by atoms with Crippen LogP contribution in [0.15, 0.2) is 68.8 Å². The van der Waals surface area contributed by atoms with E-state index in [1.165, 1.54) is 12.3 Å². The number of anilines is 1. The lowest BCUT2D eigenvalue weighted by molar-refractivity contribution is -0.137. The highest BCUT2D eigenvalue weighted by atomic mass is 79.9. The third-order valence-electron chi connectivity index (χ3n) is 3.80. The minimum atomic E-state index is -4.43. The summed E-state index contributed by atoms with van der Waals surface area (Å²) < 4.78 is 44.9. The first-order chi connectivity index (χ1) is 14.2. The number of aromatic nitrogens is 1. The molecule has 0 aliphatic heterocycles. The van der Waals surface area contributed by atoms with Gasteiger partial charge in [-0.25, -0.2) is 4.98 Å². The molecule has 0 saturated heterocycles. The van der Waals surface area contributed by atoms with Crippen molar-refractivity contribution >= 4 is 55.5 Å². The largest absolute Gasteiger partial charge is 0.487 e. The zero-order valence-corrected chi connectivity index (χ0v) is 19.0. The lowest BCUT2D eigenvalue weighted by Gasteiger charge is -2.11. The first kappa shape index (κ1) is 22.6. The fourth-order valence-electron chi connectivity index (χ4n) is 2.33. The lowest BCUT2D eigenvalue weighted by atomic mass is 10.2. The van der Waals surface area contributed by atoms with Crippen LogP contribution >= 0.6 is 43.5 Å². The van der Waals surface area contributed by atoms with Crippen molar-refractivity contribution in [3.8, 4) is 5.75 Å². The van der Waals surface area contributed by atoms with Gasteiger partial charge in [-0.2, -0.15) is 18.3 Å². The van der Waals surface area contributed by atoms with E-state index in [-0.39, 0.29) is 5.82 Å². The molecule has 1 N–H and O–H groups in total. The molecule has 0 unspecified atom stereocenters. The predicted octanol–water partition coefficient (Wildman–Crippen LogP) is 7.30. The fraction of sp³-hybridized carbons (Fsp3) is 0.100. The molecule has 0 aliphatic rings. The molecule has 1 aromatic heterocycles. The van der Waals surface area contributed by atoms with Gasteiger partial charge in [0.15, 0.2) is 0 Å². The van der Waals surface area contributed by atoms with E-state index < -0.39 is 11.7 Å². The van der Waals surface area contributed by atoms with Crippen molar-refractivity contribution in [2.45, 2.75) is 12.8 Å². The first-order valence-corrected chi connectivity index (χ1v) is 10.4. The minimum Gasteiger partial charge on any atom is -0.487 e. The molecule has 4 nitrogen and oxygen atoms in total. The van der Waals surface area contributed by atoms with Gasteiger partial charge in [-0.1, -0.05) is 23.7 Å². The maximum absolute atomic E-state index is 12.6. The summed E-state index contributed by atoms with van der Waals surface area (Å²) in [5.74, 6) is 0.819. The molecule has 1 heterocycles. The number of ether oxygens (including phenoxy) is 1. The predicted molar refractivity (Wildman–Crippen MR) is 118 cm³/mol. The van der Waals surface area contributed by atoms with Gasteiger partial charge in [-0.15, -0.1) is 0 Å². The monoisotopic (exact) mass is 561 g/mol. The number of hydrogen-bond acceptors (Lipinski definition) is 4. The number of halogens is 6.